The minimum absolute atomic E-state index is 0.0844. The molecule has 0 heterocycles. The second kappa shape index (κ2) is 8.16. The summed E-state index contributed by atoms with van der Waals surface area (Å²) >= 11 is 1.78. The van der Waals surface area contributed by atoms with Crippen LogP contribution < -0.4 is 4.74 Å². The third-order valence-electron chi connectivity index (χ3n) is 2.46. The summed E-state index contributed by atoms with van der Waals surface area (Å²) in [5, 5.41) is 0. The van der Waals surface area contributed by atoms with Crippen molar-refractivity contribution in [1.29, 1.82) is 0 Å². The van der Waals surface area contributed by atoms with Crippen LogP contribution in [0.1, 0.15) is 29.8 Å². The van der Waals surface area contributed by atoms with Gasteiger partial charge in [0.05, 0.1) is 13.2 Å². The van der Waals surface area contributed by atoms with Crippen LogP contribution in [0.3, 0.4) is 0 Å². The lowest BCUT2D eigenvalue weighted by atomic mass is 10.1. The van der Waals surface area contributed by atoms with Gasteiger partial charge in [-0.05, 0) is 32.0 Å². The summed E-state index contributed by atoms with van der Waals surface area (Å²) in [6, 6.07) is 5.62. The van der Waals surface area contributed by atoms with Crippen molar-refractivity contribution < 1.29 is 14.3 Å². The number of carbonyl (C=O) groups excluding carboxylic acids is 1. The first-order valence-electron chi connectivity index (χ1n) is 6.02. The Balaban J connectivity index is 2.75. The van der Waals surface area contributed by atoms with Crippen LogP contribution in [0, 0.1) is 0 Å². The number of hydrogen-bond donors (Lipinski definition) is 0. The van der Waals surface area contributed by atoms with Gasteiger partial charge in [-0.15, -0.1) is 0 Å². The highest BCUT2D eigenvalue weighted by Crippen LogP contribution is 2.25. The lowest BCUT2D eigenvalue weighted by Gasteiger charge is -2.11. The lowest BCUT2D eigenvalue weighted by Crippen LogP contribution is -2.00. The second-order valence-electron chi connectivity index (χ2n) is 3.86. The van der Waals surface area contributed by atoms with Gasteiger partial charge in [-0.3, -0.25) is 4.79 Å². The van der Waals surface area contributed by atoms with Crippen LogP contribution in [-0.2, 0) is 10.5 Å². The summed E-state index contributed by atoms with van der Waals surface area (Å²) in [5.74, 6) is 2.72. The molecule has 0 aliphatic rings. The molecular weight excluding hydrogens is 248 g/mol. The maximum Gasteiger partial charge on any atom is 0.159 e. The Hall–Kier alpha value is -1.00. The van der Waals surface area contributed by atoms with E-state index in [0.29, 0.717) is 6.61 Å². The highest BCUT2D eigenvalue weighted by Gasteiger charge is 2.07. The van der Waals surface area contributed by atoms with E-state index in [2.05, 4.69) is 0 Å². The van der Waals surface area contributed by atoms with E-state index in [1.807, 2.05) is 25.1 Å². The third-order valence-corrected chi connectivity index (χ3v) is 3.43. The van der Waals surface area contributed by atoms with Crippen molar-refractivity contribution in [3.63, 3.8) is 0 Å². The van der Waals surface area contributed by atoms with Gasteiger partial charge in [0.25, 0.3) is 0 Å². The number of Topliss-reactive ketones (excluding diaryl/α,β-unsaturated/α-hetero) is 1. The largest absolute Gasteiger partial charge is 0.494 e. The van der Waals surface area contributed by atoms with E-state index in [1.165, 1.54) is 0 Å². The molecule has 0 fully saturated rings. The van der Waals surface area contributed by atoms with E-state index in [-0.39, 0.29) is 5.78 Å². The minimum atomic E-state index is 0.0844. The Labute approximate surface area is 113 Å². The fourth-order valence-corrected chi connectivity index (χ4v) is 2.41. The number of carbonyl (C=O) groups is 1. The molecule has 3 nitrogen and oxygen atoms in total. The monoisotopic (exact) mass is 268 g/mol. The molecule has 0 radical (unpaired) electrons. The number of hydrogen-bond acceptors (Lipinski definition) is 4. The van der Waals surface area contributed by atoms with Crippen molar-refractivity contribution in [2.24, 2.45) is 0 Å². The maximum atomic E-state index is 11.4. The zero-order valence-corrected chi connectivity index (χ0v) is 12.0. The highest BCUT2D eigenvalue weighted by atomic mass is 32.2. The van der Waals surface area contributed by atoms with Crippen LogP contribution in [0.25, 0.3) is 0 Å². The average Bonchev–Trinajstić information content (AvgIpc) is 2.36. The van der Waals surface area contributed by atoms with Gasteiger partial charge in [0.15, 0.2) is 5.78 Å². The van der Waals surface area contributed by atoms with Crippen LogP contribution in [0.2, 0.25) is 0 Å². The summed E-state index contributed by atoms with van der Waals surface area (Å²) in [4.78, 5) is 11.4. The standard InChI is InChI=1S/C14H20O3S/c1-4-17-14-6-5-12(11(2)15)9-13(14)10-18-8-7-16-3/h5-6,9H,4,7-8,10H2,1-3H3. The van der Waals surface area contributed by atoms with Gasteiger partial charge in [-0.2, -0.15) is 11.8 Å². The van der Waals surface area contributed by atoms with Crippen LogP contribution in [0.4, 0.5) is 0 Å². The fraction of sp³-hybridized carbons (Fsp3) is 0.500. The molecule has 0 saturated carbocycles. The molecule has 1 rings (SSSR count). The van der Waals surface area contributed by atoms with E-state index in [0.717, 1.165) is 35.0 Å². The van der Waals surface area contributed by atoms with Crippen molar-refractivity contribution in [2.45, 2.75) is 19.6 Å². The SMILES string of the molecule is CCOc1ccc(C(C)=O)cc1CSCCOC. The first-order valence-corrected chi connectivity index (χ1v) is 7.17. The van der Waals surface area contributed by atoms with Gasteiger partial charge in [0.2, 0.25) is 0 Å². The summed E-state index contributed by atoms with van der Waals surface area (Å²) in [7, 11) is 1.70. The number of benzene rings is 1. The predicted molar refractivity (Wildman–Crippen MR) is 75.7 cm³/mol. The summed E-state index contributed by atoms with van der Waals surface area (Å²) in [6.45, 7) is 4.91. The fourth-order valence-electron chi connectivity index (χ4n) is 1.53. The van der Waals surface area contributed by atoms with Gasteiger partial charge in [0.1, 0.15) is 5.75 Å². The van der Waals surface area contributed by atoms with Crippen LogP contribution in [0.5, 0.6) is 5.75 Å². The molecule has 0 aromatic heterocycles. The minimum Gasteiger partial charge on any atom is -0.494 e. The number of thioether (sulfide) groups is 1. The molecule has 0 N–H and O–H groups in total. The maximum absolute atomic E-state index is 11.4. The molecule has 0 saturated heterocycles. The quantitative estimate of drug-likeness (QED) is 0.536. The molecule has 1 aromatic rings. The highest BCUT2D eigenvalue weighted by molar-refractivity contribution is 7.98. The molecule has 18 heavy (non-hydrogen) atoms. The molecule has 4 heteroatoms. The van der Waals surface area contributed by atoms with E-state index < -0.39 is 0 Å². The number of rotatable bonds is 8. The average molecular weight is 268 g/mol. The Morgan fingerprint density at radius 1 is 1.39 bits per heavy atom. The second-order valence-corrected chi connectivity index (χ2v) is 4.96. The topological polar surface area (TPSA) is 35.5 Å². The van der Waals surface area contributed by atoms with Crippen molar-refractivity contribution >= 4 is 17.5 Å². The molecule has 0 aliphatic carbocycles. The summed E-state index contributed by atoms with van der Waals surface area (Å²) in [6.07, 6.45) is 0. The zero-order chi connectivity index (χ0) is 13.4. The number of ether oxygens (including phenoxy) is 2. The molecule has 0 atom stereocenters. The normalized spacial score (nSPS) is 10.4. The molecule has 0 aliphatic heterocycles. The van der Waals surface area contributed by atoms with Crippen molar-refractivity contribution in [1.82, 2.24) is 0 Å². The van der Waals surface area contributed by atoms with Gasteiger partial charge < -0.3 is 9.47 Å². The van der Waals surface area contributed by atoms with E-state index in [1.54, 1.807) is 25.8 Å². The molecule has 100 valence electrons. The molecule has 0 spiro atoms. The smallest absolute Gasteiger partial charge is 0.159 e. The Bertz CT molecular complexity index is 391. The van der Waals surface area contributed by atoms with Gasteiger partial charge in [-0.1, -0.05) is 0 Å². The van der Waals surface area contributed by atoms with Crippen LogP contribution in [0.15, 0.2) is 18.2 Å². The van der Waals surface area contributed by atoms with Crippen molar-refractivity contribution in [2.75, 3.05) is 26.1 Å². The van der Waals surface area contributed by atoms with Crippen molar-refractivity contribution in [3.05, 3.63) is 29.3 Å². The Morgan fingerprint density at radius 2 is 2.17 bits per heavy atom. The van der Waals surface area contributed by atoms with Crippen LogP contribution in [-0.4, -0.2) is 31.9 Å². The summed E-state index contributed by atoms with van der Waals surface area (Å²) in [5.41, 5.74) is 1.81. The molecule has 0 bridgehead atoms. The summed E-state index contributed by atoms with van der Waals surface area (Å²) < 4.78 is 10.6. The zero-order valence-electron chi connectivity index (χ0n) is 11.2. The molecule has 0 amide bonds. The molecule has 1 aromatic carbocycles. The third kappa shape index (κ3) is 4.70. The van der Waals surface area contributed by atoms with Gasteiger partial charge >= 0.3 is 0 Å². The van der Waals surface area contributed by atoms with Gasteiger partial charge in [-0.25, -0.2) is 0 Å². The van der Waals surface area contributed by atoms with Gasteiger partial charge in [0, 0.05) is 29.7 Å². The van der Waals surface area contributed by atoms with E-state index in [9.17, 15) is 4.79 Å². The first-order chi connectivity index (χ1) is 8.69. The van der Waals surface area contributed by atoms with E-state index >= 15 is 0 Å². The molecule has 0 unspecified atom stereocenters. The van der Waals surface area contributed by atoms with Crippen molar-refractivity contribution in [3.8, 4) is 5.75 Å². The van der Waals surface area contributed by atoms with E-state index in [4.69, 9.17) is 9.47 Å². The lowest BCUT2D eigenvalue weighted by molar-refractivity contribution is 0.101. The molecular formula is C14H20O3S. The van der Waals surface area contributed by atoms with Crippen LogP contribution >= 0.6 is 11.8 Å². The number of methoxy groups -OCH3 is 1. The Morgan fingerprint density at radius 3 is 2.78 bits per heavy atom. The predicted octanol–water partition coefficient (Wildman–Crippen LogP) is 3.17. The Kier molecular flexibility index (Phi) is 6.83. The first kappa shape index (κ1) is 15.1. The number of ketones is 1.